The Kier molecular flexibility index (Phi) is 6.67. The molecule has 0 bridgehead atoms. The molecule has 0 aliphatic heterocycles. The molecule has 162 valence electrons. The average molecular weight is 429 g/mol. The zero-order chi connectivity index (χ0) is 22.2. The molecule has 2 N–H and O–H groups in total. The highest BCUT2D eigenvalue weighted by Gasteiger charge is 2.05. The second kappa shape index (κ2) is 10.2. The minimum absolute atomic E-state index is 0.102. The number of hydrazone groups is 1. The Hall–Kier alpha value is -4.26. The van der Waals surface area contributed by atoms with Crippen LogP contribution < -0.4 is 20.2 Å². The van der Waals surface area contributed by atoms with E-state index in [9.17, 15) is 4.79 Å². The molecule has 3 aromatic carbocycles. The molecule has 4 aromatic rings. The molecule has 1 aromatic heterocycles. The number of nitrogens with zero attached hydrogens (tertiary/aromatic N) is 1. The van der Waals surface area contributed by atoms with Crippen molar-refractivity contribution in [3.63, 3.8) is 0 Å². The molecule has 0 aliphatic rings. The summed E-state index contributed by atoms with van der Waals surface area (Å²) in [4.78, 5) is 12.1. The third-order valence-electron chi connectivity index (χ3n) is 4.73. The Morgan fingerprint density at radius 1 is 0.969 bits per heavy atom. The van der Waals surface area contributed by atoms with Crippen molar-refractivity contribution in [2.75, 3.05) is 19.0 Å². The molecule has 32 heavy (non-hydrogen) atoms. The van der Waals surface area contributed by atoms with Crippen molar-refractivity contribution in [2.24, 2.45) is 5.10 Å². The summed E-state index contributed by atoms with van der Waals surface area (Å²) in [6, 6.07) is 24.8. The van der Waals surface area contributed by atoms with Crippen molar-refractivity contribution in [3.05, 3.63) is 90.4 Å². The topological polar surface area (TPSA) is 85.1 Å². The summed E-state index contributed by atoms with van der Waals surface area (Å²) in [5, 5.41) is 9.27. The zero-order valence-corrected chi connectivity index (χ0v) is 17.6. The van der Waals surface area contributed by atoms with Crippen molar-refractivity contribution < 1.29 is 18.7 Å². The van der Waals surface area contributed by atoms with Gasteiger partial charge in [0.05, 0.1) is 19.9 Å². The van der Waals surface area contributed by atoms with E-state index >= 15 is 0 Å². The molecule has 0 fully saturated rings. The third-order valence-corrected chi connectivity index (χ3v) is 4.73. The summed E-state index contributed by atoms with van der Waals surface area (Å²) in [5.41, 5.74) is 3.39. The highest BCUT2D eigenvalue weighted by atomic mass is 16.5. The average Bonchev–Trinajstić information content (AvgIpc) is 3.29. The molecule has 4 rings (SSSR count). The number of rotatable bonds is 9. The first-order valence-electron chi connectivity index (χ1n) is 10.1. The standard InChI is InChI=1S/C25H23N3O4/c1-30-19-9-11-20(12-10-19)31-17-22-14-13-21(32-22)15-27-28-25(29)16-26-24-8-4-6-18-5-2-3-7-23(18)24/h2-15,26H,16-17H2,1H3,(H,28,29)/b27-15-. The number of carbonyl (C=O) groups is 1. The zero-order valence-electron chi connectivity index (χ0n) is 17.6. The lowest BCUT2D eigenvalue weighted by Crippen LogP contribution is -2.25. The summed E-state index contributed by atoms with van der Waals surface area (Å²) in [6.45, 7) is 0.381. The maximum Gasteiger partial charge on any atom is 0.259 e. The number of carbonyl (C=O) groups excluding carboxylic acids is 1. The van der Waals surface area contributed by atoms with Gasteiger partial charge in [0.25, 0.3) is 5.91 Å². The normalized spacial score (nSPS) is 10.9. The van der Waals surface area contributed by atoms with Crippen LogP contribution in [0.1, 0.15) is 11.5 Å². The molecule has 0 spiro atoms. The molecule has 0 saturated heterocycles. The lowest BCUT2D eigenvalue weighted by Gasteiger charge is -2.08. The van der Waals surface area contributed by atoms with Crippen molar-refractivity contribution in [2.45, 2.75) is 6.61 Å². The predicted octanol–water partition coefficient (Wildman–Crippen LogP) is 4.58. The Morgan fingerprint density at radius 2 is 1.75 bits per heavy atom. The number of furan rings is 1. The highest BCUT2D eigenvalue weighted by Crippen LogP contribution is 2.22. The van der Waals surface area contributed by atoms with Gasteiger partial charge in [0.1, 0.15) is 29.6 Å². The van der Waals surface area contributed by atoms with Gasteiger partial charge < -0.3 is 19.2 Å². The van der Waals surface area contributed by atoms with Gasteiger partial charge in [-0.05, 0) is 47.9 Å². The number of methoxy groups -OCH3 is 1. The van der Waals surface area contributed by atoms with E-state index in [4.69, 9.17) is 13.9 Å². The first-order chi connectivity index (χ1) is 15.7. The predicted molar refractivity (Wildman–Crippen MR) is 124 cm³/mol. The van der Waals surface area contributed by atoms with Crippen LogP contribution in [0.5, 0.6) is 11.5 Å². The molecular weight excluding hydrogens is 406 g/mol. The van der Waals surface area contributed by atoms with E-state index < -0.39 is 0 Å². The fourth-order valence-electron chi connectivity index (χ4n) is 3.13. The number of hydrogen-bond acceptors (Lipinski definition) is 6. The van der Waals surface area contributed by atoms with Gasteiger partial charge in [0.15, 0.2) is 0 Å². The lowest BCUT2D eigenvalue weighted by molar-refractivity contribution is -0.119. The number of benzene rings is 3. The van der Waals surface area contributed by atoms with Crippen LogP contribution in [-0.2, 0) is 11.4 Å². The Morgan fingerprint density at radius 3 is 2.59 bits per heavy atom. The third kappa shape index (κ3) is 5.46. The molecular formula is C25H23N3O4. The fraction of sp³-hybridized carbons (Fsp3) is 0.120. The van der Waals surface area contributed by atoms with E-state index in [-0.39, 0.29) is 19.1 Å². The molecule has 1 heterocycles. The quantitative estimate of drug-likeness (QED) is 0.300. The maximum atomic E-state index is 12.1. The van der Waals surface area contributed by atoms with Gasteiger partial charge in [0.2, 0.25) is 0 Å². The van der Waals surface area contributed by atoms with Crippen LogP contribution >= 0.6 is 0 Å². The van der Waals surface area contributed by atoms with E-state index in [2.05, 4.69) is 15.8 Å². The smallest absolute Gasteiger partial charge is 0.259 e. The Balaban J connectivity index is 1.24. The van der Waals surface area contributed by atoms with Gasteiger partial charge in [0, 0.05) is 11.1 Å². The van der Waals surface area contributed by atoms with Gasteiger partial charge >= 0.3 is 0 Å². The Bertz CT molecular complexity index is 1210. The second-order valence-electron chi connectivity index (χ2n) is 6.94. The van der Waals surface area contributed by atoms with Crippen LogP contribution in [0.2, 0.25) is 0 Å². The van der Waals surface area contributed by atoms with Crippen LogP contribution in [0.3, 0.4) is 0 Å². The van der Waals surface area contributed by atoms with Crippen LogP contribution in [0.25, 0.3) is 10.8 Å². The van der Waals surface area contributed by atoms with Crippen molar-refractivity contribution >= 4 is 28.6 Å². The number of ether oxygens (including phenoxy) is 2. The molecule has 0 radical (unpaired) electrons. The lowest BCUT2D eigenvalue weighted by atomic mass is 10.1. The first kappa shape index (κ1) is 21.0. The van der Waals surface area contributed by atoms with Crippen LogP contribution in [0.15, 0.2) is 88.4 Å². The molecule has 7 nitrogen and oxygen atoms in total. The van der Waals surface area contributed by atoms with Gasteiger partial charge in [-0.2, -0.15) is 5.10 Å². The van der Waals surface area contributed by atoms with Crippen molar-refractivity contribution in [3.8, 4) is 11.5 Å². The van der Waals surface area contributed by atoms with Crippen molar-refractivity contribution in [1.29, 1.82) is 0 Å². The summed E-state index contributed by atoms with van der Waals surface area (Å²) >= 11 is 0. The Labute approximate surface area is 185 Å². The molecule has 1 amide bonds. The van der Waals surface area contributed by atoms with E-state index in [1.165, 1.54) is 6.21 Å². The highest BCUT2D eigenvalue weighted by molar-refractivity contribution is 5.95. The molecule has 0 aliphatic carbocycles. The fourth-order valence-corrected chi connectivity index (χ4v) is 3.13. The monoisotopic (exact) mass is 429 g/mol. The van der Waals surface area contributed by atoms with Crippen LogP contribution in [0.4, 0.5) is 5.69 Å². The molecule has 0 atom stereocenters. The summed E-state index contributed by atoms with van der Waals surface area (Å²) in [7, 11) is 1.62. The molecule has 0 saturated carbocycles. The van der Waals surface area contributed by atoms with Gasteiger partial charge in [-0.15, -0.1) is 0 Å². The number of nitrogens with one attached hydrogen (secondary N) is 2. The van der Waals surface area contributed by atoms with Gasteiger partial charge in [-0.3, -0.25) is 4.79 Å². The number of hydrogen-bond donors (Lipinski definition) is 2. The molecule has 7 heteroatoms. The van der Waals surface area contributed by atoms with Gasteiger partial charge in [-0.1, -0.05) is 36.4 Å². The number of amides is 1. The summed E-state index contributed by atoms with van der Waals surface area (Å²) < 4.78 is 16.4. The number of anilines is 1. The maximum absolute atomic E-state index is 12.1. The largest absolute Gasteiger partial charge is 0.497 e. The van der Waals surface area contributed by atoms with E-state index in [0.29, 0.717) is 17.3 Å². The minimum Gasteiger partial charge on any atom is -0.497 e. The van der Waals surface area contributed by atoms with Gasteiger partial charge in [-0.25, -0.2) is 5.43 Å². The molecule has 0 unspecified atom stereocenters. The SMILES string of the molecule is COc1ccc(OCc2ccc(/C=N\NC(=O)CNc3cccc4ccccc34)o2)cc1. The van der Waals surface area contributed by atoms with Crippen LogP contribution in [-0.4, -0.2) is 25.8 Å². The summed E-state index contributed by atoms with van der Waals surface area (Å²) in [5.74, 6) is 2.38. The second-order valence-corrected chi connectivity index (χ2v) is 6.94. The number of fused-ring (bicyclic) bond motifs is 1. The van der Waals surface area contributed by atoms with E-state index in [1.807, 2.05) is 66.7 Å². The minimum atomic E-state index is -0.260. The van der Waals surface area contributed by atoms with Crippen molar-refractivity contribution in [1.82, 2.24) is 5.43 Å². The van der Waals surface area contributed by atoms with Crippen LogP contribution in [0, 0.1) is 0 Å². The first-order valence-corrected chi connectivity index (χ1v) is 10.1. The van der Waals surface area contributed by atoms with E-state index in [0.717, 1.165) is 22.2 Å². The van der Waals surface area contributed by atoms with E-state index in [1.54, 1.807) is 19.2 Å². The summed E-state index contributed by atoms with van der Waals surface area (Å²) in [6.07, 6.45) is 1.45.